The van der Waals surface area contributed by atoms with E-state index in [-0.39, 0.29) is 37.5 Å². The SMILES string of the molecule is CCCCC/C=C\C/C=C\C/C=C\C/C=C\CCCC(=O)OCC(COC(=O)CCCCCCCCCCCCCCCC)OC(=O)CCCCCCCCCCCCCCCCC. The molecule has 0 aromatic heterocycles. The zero-order valence-electron chi connectivity index (χ0n) is 42.6. The van der Waals surface area contributed by atoms with Crippen LogP contribution in [0.25, 0.3) is 0 Å². The normalized spacial score (nSPS) is 12.4. The molecule has 0 saturated carbocycles. The van der Waals surface area contributed by atoms with Crippen molar-refractivity contribution in [2.75, 3.05) is 13.2 Å². The number of esters is 3. The minimum Gasteiger partial charge on any atom is -0.462 e. The fraction of sp³-hybridized carbons (Fsp3) is 0.810. The summed E-state index contributed by atoms with van der Waals surface area (Å²) >= 11 is 0. The van der Waals surface area contributed by atoms with E-state index in [4.69, 9.17) is 14.2 Å². The largest absolute Gasteiger partial charge is 0.462 e. The molecule has 0 aliphatic carbocycles. The molecule has 0 radical (unpaired) electrons. The predicted octanol–water partition coefficient (Wildman–Crippen LogP) is 18.3. The fourth-order valence-electron chi connectivity index (χ4n) is 7.91. The first-order valence-corrected chi connectivity index (χ1v) is 27.6. The van der Waals surface area contributed by atoms with E-state index in [1.807, 2.05) is 0 Å². The molecule has 6 heteroatoms. The lowest BCUT2D eigenvalue weighted by Crippen LogP contribution is -2.30. The third kappa shape index (κ3) is 50.4. The summed E-state index contributed by atoms with van der Waals surface area (Å²) < 4.78 is 16.8. The molecule has 0 N–H and O–H groups in total. The number of allylic oxidation sites excluding steroid dienone is 8. The highest BCUT2D eigenvalue weighted by Crippen LogP contribution is 2.16. The zero-order valence-corrected chi connectivity index (χ0v) is 42.6. The van der Waals surface area contributed by atoms with Crippen LogP contribution in [-0.2, 0) is 28.6 Å². The van der Waals surface area contributed by atoms with E-state index in [9.17, 15) is 14.4 Å². The molecule has 0 aliphatic heterocycles. The number of unbranched alkanes of at least 4 members (excludes halogenated alkanes) is 31. The van der Waals surface area contributed by atoms with Gasteiger partial charge in [0.25, 0.3) is 0 Å². The van der Waals surface area contributed by atoms with E-state index in [1.54, 1.807) is 0 Å². The van der Waals surface area contributed by atoms with E-state index in [2.05, 4.69) is 69.4 Å². The summed E-state index contributed by atoms with van der Waals surface area (Å²) in [5.41, 5.74) is 0. The maximum atomic E-state index is 12.8. The molecule has 0 amide bonds. The summed E-state index contributed by atoms with van der Waals surface area (Å²) in [6.45, 7) is 6.59. The van der Waals surface area contributed by atoms with Gasteiger partial charge in [-0.05, 0) is 57.8 Å². The van der Waals surface area contributed by atoms with Gasteiger partial charge in [0.15, 0.2) is 6.10 Å². The summed E-state index contributed by atoms with van der Waals surface area (Å²) in [5, 5.41) is 0. The van der Waals surface area contributed by atoms with Gasteiger partial charge in [-0.2, -0.15) is 0 Å². The van der Waals surface area contributed by atoms with E-state index >= 15 is 0 Å². The summed E-state index contributed by atoms with van der Waals surface area (Å²) in [4.78, 5) is 38.0. The quantitative estimate of drug-likeness (QED) is 0.0262. The highest BCUT2D eigenvalue weighted by molar-refractivity contribution is 5.71. The molecule has 0 aromatic rings. The van der Waals surface area contributed by atoms with Crippen LogP contribution in [0.15, 0.2) is 48.6 Å². The predicted molar refractivity (Wildman–Crippen MR) is 275 cm³/mol. The minimum absolute atomic E-state index is 0.0858. The van der Waals surface area contributed by atoms with Crippen molar-refractivity contribution in [3.05, 3.63) is 48.6 Å². The molecule has 0 aliphatic rings. The second kappa shape index (κ2) is 53.0. The van der Waals surface area contributed by atoms with E-state index in [0.29, 0.717) is 19.3 Å². The smallest absolute Gasteiger partial charge is 0.306 e. The summed E-state index contributed by atoms with van der Waals surface area (Å²) in [6, 6.07) is 0. The van der Waals surface area contributed by atoms with E-state index < -0.39 is 6.10 Å². The van der Waals surface area contributed by atoms with Gasteiger partial charge in [-0.25, -0.2) is 0 Å². The third-order valence-electron chi connectivity index (χ3n) is 12.1. The summed E-state index contributed by atoms with van der Waals surface area (Å²) in [5.74, 6) is -0.930. The van der Waals surface area contributed by atoms with Gasteiger partial charge in [0, 0.05) is 19.3 Å². The Morgan fingerprint density at radius 1 is 0.312 bits per heavy atom. The number of ether oxygens (including phenoxy) is 3. The molecule has 0 heterocycles. The number of rotatable bonds is 50. The fourth-order valence-corrected chi connectivity index (χ4v) is 7.91. The van der Waals surface area contributed by atoms with E-state index in [0.717, 1.165) is 64.2 Å². The molecule has 0 spiro atoms. The minimum atomic E-state index is -0.790. The molecular weight excluding hydrogens is 793 g/mol. The van der Waals surface area contributed by atoms with Crippen molar-refractivity contribution in [3.8, 4) is 0 Å². The highest BCUT2D eigenvalue weighted by Gasteiger charge is 2.19. The number of hydrogen-bond donors (Lipinski definition) is 0. The first-order chi connectivity index (χ1) is 31.5. The molecular formula is C58H104O6. The second-order valence-electron chi connectivity index (χ2n) is 18.5. The topological polar surface area (TPSA) is 78.9 Å². The Morgan fingerprint density at radius 3 is 0.938 bits per heavy atom. The first-order valence-electron chi connectivity index (χ1n) is 27.6. The Balaban J connectivity index is 4.43. The Kier molecular flexibility index (Phi) is 50.8. The molecule has 0 rings (SSSR count). The van der Waals surface area contributed by atoms with Gasteiger partial charge in [-0.1, -0.05) is 256 Å². The van der Waals surface area contributed by atoms with Crippen LogP contribution >= 0.6 is 0 Å². The highest BCUT2D eigenvalue weighted by atomic mass is 16.6. The van der Waals surface area contributed by atoms with Crippen LogP contribution in [0.1, 0.15) is 284 Å². The lowest BCUT2D eigenvalue weighted by Gasteiger charge is -2.18. The molecule has 64 heavy (non-hydrogen) atoms. The van der Waals surface area contributed by atoms with Gasteiger partial charge in [0.2, 0.25) is 0 Å². The Labute approximate surface area is 397 Å². The van der Waals surface area contributed by atoms with Crippen LogP contribution < -0.4 is 0 Å². The van der Waals surface area contributed by atoms with Gasteiger partial charge < -0.3 is 14.2 Å². The molecule has 372 valence electrons. The van der Waals surface area contributed by atoms with Crippen molar-refractivity contribution in [3.63, 3.8) is 0 Å². The van der Waals surface area contributed by atoms with Crippen LogP contribution in [0.2, 0.25) is 0 Å². The molecule has 0 bridgehead atoms. The number of carbonyl (C=O) groups is 3. The van der Waals surface area contributed by atoms with Gasteiger partial charge in [0.05, 0.1) is 0 Å². The zero-order chi connectivity index (χ0) is 46.5. The van der Waals surface area contributed by atoms with Crippen LogP contribution in [-0.4, -0.2) is 37.2 Å². The first kappa shape index (κ1) is 61.4. The molecule has 0 aromatic carbocycles. The maximum absolute atomic E-state index is 12.8. The van der Waals surface area contributed by atoms with Crippen LogP contribution in [0, 0.1) is 0 Å². The average Bonchev–Trinajstić information content (AvgIpc) is 3.29. The number of carbonyl (C=O) groups excluding carboxylic acids is 3. The van der Waals surface area contributed by atoms with Crippen molar-refractivity contribution in [2.24, 2.45) is 0 Å². The summed E-state index contributed by atoms with van der Waals surface area (Å²) in [6.07, 6.45) is 63.8. The third-order valence-corrected chi connectivity index (χ3v) is 12.1. The maximum Gasteiger partial charge on any atom is 0.306 e. The Bertz CT molecular complexity index is 1120. The Hall–Kier alpha value is -2.63. The molecule has 6 nitrogen and oxygen atoms in total. The van der Waals surface area contributed by atoms with Crippen molar-refractivity contribution >= 4 is 17.9 Å². The monoisotopic (exact) mass is 897 g/mol. The van der Waals surface area contributed by atoms with Crippen molar-refractivity contribution in [2.45, 2.75) is 290 Å². The van der Waals surface area contributed by atoms with Gasteiger partial charge in [-0.3, -0.25) is 14.4 Å². The second-order valence-corrected chi connectivity index (χ2v) is 18.5. The Morgan fingerprint density at radius 2 is 0.578 bits per heavy atom. The van der Waals surface area contributed by atoms with Crippen molar-refractivity contribution < 1.29 is 28.6 Å². The van der Waals surface area contributed by atoms with Crippen LogP contribution in [0.5, 0.6) is 0 Å². The molecule has 1 atom stereocenters. The molecule has 0 fully saturated rings. The van der Waals surface area contributed by atoms with Crippen LogP contribution in [0.4, 0.5) is 0 Å². The van der Waals surface area contributed by atoms with Crippen LogP contribution in [0.3, 0.4) is 0 Å². The molecule has 0 saturated heterocycles. The van der Waals surface area contributed by atoms with Gasteiger partial charge in [0.1, 0.15) is 13.2 Å². The molecule has 1 unspecified atom stereocenters. The van der Waals surface area contributed by atoms with Crippen molar-refractivity contribution in [1.29, 1.82) is 0 Å². The van der Waals surface area contributed by atoms with E-state index in [1.165, 1.54) is 173 Å². The average molecular weight is 897 g/mol. The lowest BCUT2D eigenvalue weighted by molar-refractivity contribution is -0.167. The van der Waals surface area contributed by atoms with Crippen molar-refractivity contribution in [1.82, 2.24) is 0 Å². The summed E-state index contributed by atoms with van der Waals surface area (Å²) in [7, 11) is 0. The lowest BCUT2D eigenvalue weighted by atomic mass is 10.0. The standard InChI is InChI=1S/C58H104O6/c1-4-7-10-13-16-19-22-25-28-29-31-33-36-39-42-45-48-51-57(60)63-54-55(53-62-56(59)50-47-44-41-38-35-32-27-24-21-18-15-12-9-6-3)64-58(61)52-49-46-43-40-37-34-30-26-23-20-17-14-11-8-5-2/h16,19,25,28,31,33,39,42,55H,4-15,17-18,20-24,26-27,29-30,32,34-38,40-41,43-54H2,1-3H3/b19-16-,28-25-,33-31-,42-39-. The van der Waals surface area contributed by atoms with Gasteiger partial charge in [-0.15, -0.1) is 0 Å². The number of hydrogen-bond acceptors (Lipinski definition) is 6. The van der Waals surface area contributed by atoms with Gasteiger partial charge >= 0.3 is 17.9 Å².